The Bertz CT molecular complexity index is 496. The van der Waals surface area contributed by atoms with Crippen LogP contribution in [0.15, 0.2) is 21.4 Å². The van der Waals surface area contributed by atoms with Gasteiger partial charge in [-0.25, -0.2) is 4.98 Å². The Labute approximate surface area is 116 Å². The van der Waals surface area contributed by atoms with E-state index in [1.807, 2.05) is 11.4 Å². The third-order valence-corrected chi connectivity index (χ3v) is 4.71. The zero-order chi connectivity index (χ0) is 10.8. The predicted molar refractivity (Wildman–Crippen MR) is 74.8 cm³/mol. The summed E-state index contributed by atoms with van der Waals surface area (Å²) in [6.07, 6.45) is 1.66. The van der Waals surface area contributed by atoms with Crippen molar-refractivity contribution in [1.29, 1.82) is 0 Å². The maximum Gasteiger partial charge on any atom is 0.258 e. The largest absolute Gasteiger partial charge is 0.298 e. The smallest absolute Gasteiger partial charge is 0.258 e. The van der Waals surface area contributed by atoms with Gasteiger partial charge in [-0.3, -0.25) is 10.1 Å². The normalized spacial score (nSPS) is 10.3. The number of carbonyl (C=O) groups is 1. The summed E-state index contributed by atoms with van der Waals surface area (Å²) in [7, 11) is 0. The second kappa shape index (κ2) is 4.89. The highest BCUT2D eigenvalue weighted by molar-refractivity contribution is 14.1. The number of hydrogen-bond donors (Lipinski definition) is 1. The summed E-state index contributed by atoms with van der Waals surface area (Å²) < 4.78 is 2.00. The highest BCUT2D eigenvalue weighted by Crippen LogP contribution is 2.24. The van der Waals surface area contributed by atoms with Crippen molar-refractivity contribution in [2.45, 2.75) is 0 Å². The summed E-state index contributed by atoms with van der Waals surface area (Å²) in [5, 5.41) is 5.17. The van der Waals surface area contributed by atoms with Crippen LogP contribution < -0.4 is 5.32 Å². The molecule has 0 saturated heterocycles. The van der Waals surface area contributed by atoms with Crippen molar-refractivity contribution >= 4 is 72.2 Å². The first-order chi connectivity index (χ1) is 7.15. The summed E-state index contributed by atoms with van der Waals surface area (Å²) in [5.74, 6) is -0.115. The Kier molecular flexibility index (Phi) is 3.75. The molecule has 3 nitrogen and oxygen atoms in total. The molecule has 0 saturated carbocycles. The fourth-order valence-electron chi connectivity index (χ4n) is 0.911. The molecule has 0 unspecified atom stereocenters. The van der Waals surface area contributed by atoms with E-state index in [0.717, 1.165) is 6.67 Å². The molecule has 0 spiro atoms. The van der Waals surface area contributed by atoms with Crippen LogP contribution in [-0.4, -0.2) is 10.9 Å². The summed E-state index contributed by atoms with van der Waals surface area (Å²) in [6, 6.07) is 1.85. The van der Waals surface area contributed by atoms with Crippen LogP contribution in [0.2, 0.25) is 0 Å². The van der Waals surface area contributed by atoms with E-state index in [1.54, 1.807) is 17.5 Å². The van der Waals surface area contributed by atoms with E-state index < -0.39 is 0 Å². The Hall–Kier alpha value is 0.01000. The lowest BCUT2D eigenvalue weighted by atomic mass is 10.3. The summed E-state index contributed by atoms with van der Waals surface area (Å²) in [5.41, 5.74) is 0.677. The number of rotatable bonds is 2. The number of nitrogens with one attached hydrogen (secondary N) is 1. The van der Waals surface area contributed by atoms with Gasteiger partial charge < -0.3 is 0 Å². The van der Waals surface area contributed by atoms with Gasteiger partial charge in [-0.1, -0.05) is 11.3 Å². The number of aromatic nitrogens is 1. The van der Waals surface area contributed by atoms with Gasteiger partial charge in [0.15, 0.2) is 5.13 Å². The SMILES string of the molecule is O=C(Nc1ncc(Br)s1)c1csc(I)c1. The van der Waals surface area contributed by atoms with Gasteiger partial charge >= 0.3 is 0 Å². The number of carbonyl (C=O) groups excluding carboxylic acids is 1. The highest BCUT2D eigenvalue weighted by Gasteiger charge is 2.09. The summed E-state index contributed by atoms with van der Waals surface area (Å²) in [4.78, 5) is 15.7. The van der Waals surface area contributed by atoms with Crippen molar-refractivity contribution < 1.29 is 4.79 Å². The van der Waals surface area contributed by atoms with Gasteiger partial charge in [-0.2, -0.15) is 0 Å². The number of amides is 1. The molecule has 78 valence electrons. The average Bonchev–Trinajstić information content (AvgIpc) is 2.75. The average molecular weight is 415 g/mol. The van der Waals surface area contributed by atoms with Crippen molar-refractivity contribution in [1.82, 2.24) is 4.98 Å². The molecular formula is C8H4BrIN2OS2. The lowest BCUT2D eigenvalue weighted by Gasteiger charge is -1.97. The minimum atomic E-state index is -0.115. The molecule has 1 amide bonds. The van der Waals surface area contributed by atoms with Crippen molar-refractivity contribution in [2.75, 3.05) is 5.32 Å². The van der Waals surface area contributed by atoms with Crippen LogP contribution in [0, 0.1) is 2.88 Å². The second-order valence-electron chi connectivity index (χ2n) is 2.56. The molecule has 0 bridgehead atoms. The molecule has 2 rings (SSSR count). The minimum Gasteiger partial charge on any atom is -0.298 e. The van der Waals surface area contributed by atoms with Crippen LogP contribution in [0.1, 0.15) is 10.4 Å². The molecule has 15 heavy (non-hydrogen) atoms. The molecule has 2 heterocycles. The van der Waals surface area contributed by atoms with Crippen LogP contribution >= 0.6 is 61.2 Å². The van der Waals surface area contributed by atoms with Crippen molar-refractivity contribution in [3.05, 3.63) is 29.9 Å². The Morgan fingerprint density at radius 3 is 2.93 bits per heavy atom. The van der Waals surface area contributed by atoms with Crippen LogP contribution in [0.5, 0.6) is 0 Å². The Morgan fingerprint density at radius 1 is 1.60 bits per heavy atom. The first-order valence-electron chi connectivity index (χ1n) is 3.82. The number of thiazole rings is 1. The van der Waals surface area contributed by atoms with Crippen LogP contribution in [0.3, 0.4) is 0 Å². The fourth-order valence-corrected chi connectivity index (χ4v) is 3.34. The van der Waals surface area contributed by atoms with E-state index in [4.69, 9.17) is 0 Å². The molecule has 2 aromatic rings. The van der Waals surface area contributed by atoms with Gasteiger partial charge in [0.2, 0.25) is 0 Å². The van der Waals surface area contributed by atoms with Crippen molar-refractivity contribution in [3.63, 3.8) is 0 Å². The van der Waals surface area contributed by atoms with Gasteiger partial charge in [-0.15, -0.1) is 11.3 Å². The monoisotopic (exact) mass is 414 g/mol. The number of thiophene rings is 1. The van der Waals surface area contributed by atoms with E-state index >= 15 is 0 Å². The van der Waals surface area contributed by atoms with Crippen molar-refractivity contribution in [3.8, 4) is 0 Å². The summed E-state index contributed by atoms with van der Waals surface area (Å²) >= 11 is 8.42. The molecule has 7 heteroatoms. The van der Waals surface area contributed by atoms with Crippen LogP contribution in [0.4, 0.5) is 5.13 Å². The number of nitrogens with zero attached hydrogens (tertiary/aromatic N) is 1. The molecular weight excluding hydrogens is 411 g/mol. The maximum absolute atomic E-state index is 11.7. The number of halogens is 2. The molecule has 0 aromatic carbocycles. The molecule has 0 radical (unpaired) electrons. The molecule has 1 N–H and O–H groups in total. The second-order valence-corrected chi connectivity index (χ2v) is 7.78. The molecule has 0 aliphatic carbocycles. The highest BCUT2D eigenvalue weighted by atomic mass is 127. The fraction of sp³-hybridized carbons (Fsp3) is 0. The topological polar surface area (TPSA) is 42.0 Å². The first kappa shape index (κ1) is 11.5. The van der Waals surface area contributed by atoms with Gasteiger partial charge in [-0.05, 0) is 44.6 Å². The van der Waals surface area contributed by atoms with E-state index in [1.165, 1.54) is 11.3 Å². The van der Waals surface area contributed by atoms with Crippen molar-refractivity contribution in [2.24, 2.45) is 0 Å². The number of anilines is 1. The van der Waals surface area contributed by atoms with Crippen LogP contribution in [0.25, 0.3) is 0 Å². The third-order valence-electron chi connectivity index (χ3n) is 1.53. The van der Waals surface area contributed by atoms with E-state index in [0.29, 0.717) is 10.7 Å². The molecule has 2 aromatic heterocycles. The Morgan fingerprint density at radius 2 is 2.40 bits per heavy atom. The molecule has 0 aliphatic heterocycles. The van der Waals surface area contributed by atoms with Gasteiger partial charge in [0.05, 0.1) is 18.4 Å². The lowest BCUT2D eigenvalue weighted by Crippen LogP contribution is -2.10. The van der Waals surface area contributed by atoms with Gasteiger partial charge in [0, 0.05) is 5.38 Å². The molecule has 0 fully saturated rings. The van der Waals surface area contributed by atoms with E-state index in [9.17, 15) is 4.79 Å². The summed E-state index contributed by atoms with van der Waals surface area (Å²) in [6.45, 7) is 0. The molecule has 0 atom stereocenters. The molecule has 0 aliphatic rings. The van der Waals surface area contributed by atoms with E-state index in [2.05, 4.69) is 48.8 Å². The van der Waals surface area contributed by atoms with Crippen LogP contribution in [-0.2, 0) is 0 Å². The number of hydrogen-bond acceptors (Lipinski definition) is 4. The van der Waals surface area contributed by atoms with Gasteiger partial charge in [0.1, 0.15) is 0 Å². The maximum atomic E-state index is 11.7. The standard InChI is InChI=1S/C8H4BrIN2OS2/c9-5-2-11-8(15-5)12-7(13)4-1-6(10)14-3-4/h1-3H,(H,11,12,13). The zero-order valence-corrected chi connectivity index (χ0v) is 12.5. The zero-order valence-electron chi connectivity index (χ0n) is 7.16. The third kappa shape index (κ3) is 2.99. The predicted octanol–water partition coefficient (Wildman–Crippen LogP) is 3.82. The van der Waals surface area contributed by atoms with Gasteiger partial charge in [0.25, 0.3) is 5.91 Å². The first-order valence-corrected chi connectivity index (χ1v) is 7.38. The quantitative estimate of drug-likeness (QED) is 0.759. The lowest BCUT2D eigenvalue weighted by molar-refractivity contribution is 0.102. The van der Waals surface area contributed by atoms with E-state index in [-0.39, 0.29) is 5.91 Å². The Balaban J connectivity index is 2.10. The minimum absolute atomic E-state index is 0.115.